The van der Waals surface area contributed by atoms with E-state index in [0.29, 0.717) is 12.5 Å². The second-order valence-electron chi connectivity index (χ2n) is 5.84. The zero-order valence-electron chi connectivity index (χ0n) is 13.4. The highest BCUT2D eigenvalue weighted by Gasteiger charge is 2.18. The Hall–Kier alpha value is -2.82. The molecular weight excluding hydrogens is 300 g/mol. The summed E-state index contributed by atoms with van der Waals surface area (Å²) in [5, 5.41) is 0. The third-order valence-electron chi connectivity index (χ3n) is 4.21. The smallest absolute Gasteiger partial charge is 0.214 e. The lowest BCUT2D eigenvalue weighted by molar-refractivity contribution is 0.288. The van der Waals surface area contributed by atoms with Gasteiger partial charge >= 0.3 is 0 Å². The van der Waals surface area contributed by atoms with Crippen LogP contribution in [0.1, 0.15) is 29.8 Å². The topological polar surface area (TPSA) is 60.8 Å². The maximum Gasteiger partial charge on any atom is 0.214 e. The van der Waals surface area contributed by atoms with Crippen molar-refractivity contribution in [2.75, 3.05) is 0 Å². The summed E-state index contributed by atoms with van der Waals surface area (Å²) in [4.78, 5) is 17.7. The monoisotopic (exact) mass is 318 g/mol. The molecule has 3 aromatic rings. The van der Waals surface area contributed by atoms with Crippen LogP contribution in [0.3, 0.4) is 0 Å². The van der Waals surface area contributed by atoms with Crippen LogP contribution >= 0.6 is 0 Å². The minimum Gasteiger partial charge on any atom is -0.471 e. The molecule has 0 bridgehead atoms. The molecule has 0 fully saturated rings. The zero-order chi connectivity index (χ0) is 16.2. The van der Waals surface area contributed by atoms with E-state index < -0.39 is 0 Å². The molecule has 1 aliphatic rings. The second-order valence-corrected chi connectivity index (χ2v) is 5.84. The lowest BCUT2D eigenvalue weighted by Gasteiger charge is -2.19. The molecule has 0 N–H and O–H groups in total. The van der Waals surface area contributed by atoms with Gasteiger partial charge in [0, 0.05) is 35.9 Å². The van der Waals surface area contributed by atoms with Crippen molar-refractivity contribution in [1.82, 2.24) is 19.9 Å². The van der Waals surface area contributed by atoms with Gasteiger partial charge in [0.2, 0.25) is 5.88 Å². The minimum atomic E-state index is 0.409. The van der Waals surface area contributed by atoms with E-state index in [0.717, 1.165) is 35.5 Å². The number of ether oxygens (including phenoxy) is 1. The maximum absolute atomic E-state index is 5.90. The molecule has 3 aromatic heterocycles. The molecular formula is C19H18N4O. The summed E-state index contributed by atoms with van der Waals surface area (Å²) in [6.07, 6.45) is 11.4. The molecule has 5 heteroatoms. The van der Waals surface area contributed by atoms with Crippen LogP contribution in [0.5, 0.6) is 5.88 Å². The van der Waals surface area contributed by atoms with Gasteiger partial charge in [-0.25, -0.2) is 4.98 Å². The van der Waals surface area contributed by atoms with Gasteiger partial charge < -0.3 is 4.74 Å². The van der Waals surface area contributed by atoms with E-state index >= 15 is 0 Å². The van der Waals surface area contributed by atoms with Gasteiger partial charge in [0.15, 0.2) is 0 Å². The van der Waals surface area contributed by atoms with Crippen LogP contribution < -0.4 is 4.74 Å². The lowest BCUT2D eigenvalue weighted by atomic mass is 9.91. The van der Waals surface area contributed by atoms with E-state index in [2.05, 4.69) is 15.0 Å². The molecule has 0 saturated heterocycles. The van der Waals surface area contributed by atoms with Crippen molar-refractivity contribution in [1.29, 1.82) is 0 Å². The summed E-state index contributed by atoms with van der Waals surface area (Å²) in [5.74, 6) is 0.627. The highest BCUT2D eigenvalue weighted by atomic mass is 16.5. The number of rotatable bonds is 4. The molecule has 0 radical (unpaired) electrons. The Morgan fingerprint density at radius 3 is 2.79 bits per heavy atom. The molecule has 1 aliphatic carbocycles. The molecule has 0 amide bonds. The van der Waals surface area contributed by atoms with Gasteiger partial charge in [-0.1, -0.05) is 6.07 Å². The third kappa shape index (κ3) is 3.11. The first-order chi connectivity index (χ1) is 11.9. The Balaban J connectivity index is 1.68. The van der Waals surface area contributed by atoms with Gasteiger partial charge in [-0.05, 0) is 43.4 Å². The second kappa shape index (κ2) is 6.74. The van der Waals surface area contributed by atoms with Crippen molar-refractivity contribution >= 4 is 0 Å². The van der Waals surface area contributed by atoms with Crippen molar-refractivity contribution in [2.24, 2.45) is 0 Å². The first-order valence-electron chi connectivity index (χ1n) is 8.22. The first-order valence-corrected chi connectivity index (χ1v) is 8.22. The number of aryl methyl sites for hydroxylation is 1. The fraction of sp³-hybridized carbons (Fsp3) is 0.263. The van der Waals surface area contributed by atoms with E-state index in [-0.39, 0.29) is 0 Å². The fourth-order valence-corrected chi connectivity index (χ4v) is 3.05. The van der Waals surface area contributed by atoms with Gasteiger partial charge in [-0.3, -0.25) is 15.0 Å². The Bertz CT molecular complexity index is 822. The highest BCUT2D eigenvalue weighted by molar-refractivity contribution is 5.65. The van der Waals surface area contributed by atoms with Crippen LogP contribution in [0.15, 0.2) is 49.1 Å². The van der Waals surface area contributed by atoms with E-state index in [1.165, 1.54) is 18.4 Å². The molecule has 0 aliphatic heterocycles. The third-order valence-corrected chi connectivity index (χ3v) is 4.21. The number of hydrogen-bond acceptors (Lipinski definition) is 5. The van der Waals surface area contributed by atoms with E-state index in [1.807, 2.05) is 24.3 Å². The van der Waals surface area contributed by atoms with Crippen LogP contribution in [0.2, 0.25) is 0 Å². The molecule has 0 aromatic carbocycles. The summed E-state index contributed by atoms with van der Waals surface area (Å²) < 4.78 is 5.90. The standard InChI is InChI=1S/C19H18N4O/c1-2-7-17-15(6-1)16(18-12-20-9-10-22-18)11-19(23-17)24-13-14-5-3-4-8-21-14/h3-5,8-12H,1-2,6-7,13H2. The lowest BCUT2D eigenvalue weighted by Crippen LogP contribution is -2.10. The van der Waals surface area contributed by atoms with Gasteiger partial charge in [0.1, 0.15) is 6.61 Å². The number of nitrogens with zero attached hydrogens (tertiary/aromatic N) is 4. The van der Waals surface area contributed by atoms with Gasteiger partial charge in [-0.2, -0.15) is 0 Å². The van der Waals surface area contributed by atoms with Crippen LogP contribution in [0, 0.1) is 0 Å². The SMILES string of the molecule is c1ccc(COc2cc(-c3cnccn3)c3c(n2)CCCC3)nc1. The van der Waals surface area contributed by atoms with E-state index in [9.17, 15) is 0 Å². The normalized spacial score (nSPS) is 13.3. The molecule has 0 unspecified atom stereocenters. The quantitative estimate of drug-likeness (QED) is 0.738. The van der Waals surface area contributed by atoms with Crippen molar-refractivity contribution in [3.8, 4) is 17.1 Å². The van der Waals surface area contributed by atoms with Gasteiger partial charge in [-0.15, -0.1) is 0 Å². The highest BCUT2D eigenvalue weighted by Crippen LogP contribution is 2.32. The Morgan fingerprint density at radius 1 is 1.00 bits per heavy atom. The predicted octanol–water partition coefficient (Wildman–Crippen LogP) is 3.39. The molecule has 5 nitrogen and oxygen atoms in total. The van der Waals surface area contributed by atoms with Crippen molar-refractivity contribution < 1.29 is 4.74 Å². The summed E-state index contributed by atoms with van der Waals surface area (Å²) in [6.45, 7) is 0.409. The van der Waals surface area contributed by atoms with Gasteiger partial charge in [0.05, 0.1) is 17.6 Å². The van der Waals surface area contributed by atoms with Crippen LogP contribution in [-0.4, -0.2) is 19.9 Å². The van der Waals surface area contributed by atoms with E-state index in [1.54, 1.807) is 24.8 Å². The number of pyridine rings is 2. The average Bonchev–Trinajstić information content (AvgIpc) is 2.67. The van der Waals surface area contributed by atoms with Crippen molar-refractivity contribution in [2.45, 2.75) is 32.3 Å². The number of fused-ring (bicyclic) bond motifs is 1. The molecule has 0 spiro atoms. The molecule has 24 heavy (non-hydrogen) atoms. The van der Waals surface area contributed by atoms with Crippen molar-refractivity contribution in [3.05, 3.63) is 66.0 Å². The molecule has 3 heterocycles. The number of aromatic nitrogens is 4. The summed E-state index contributed by atoms with van der Waals surface area (Å²) in [6, 6.07) is 7.78. The van der Waals surface area contributed by atoms with Crippen LogP contribution in [0.4, 0.5) is 0 Å². The number of hydrogen-bond donors (Lipinski definition) is 0. The van der Waals surface area contributed by atoms with Crippen molar-refractivity contribution in [3.63, 3.8) is 0 Å². The van der Waals surface area contributed by atoms with Crippen LogP contribution in [-0.2, 0) is 19.4 Å². The predicted molar refractivity (Wildman–Crippen MR) is 90.5 cm³/mol. The largest absolute Gasteiger partial charge is 0.471 e. The molecule has 0 saturated carbocycles. The average molecular weight is 318 g/mol. The Morgan fingerprint density at radius 2 is 1.96 bits per heavy atom. The van der Waals surface area contributed by atoms with Crippen LogP contribution in [0.25, 0.3) is 11.3 Å². The zero-order valence-corrected chi connectivity index (χ0v) is 13.4. The summed E-state index contributed by atoms with van der Waals surface area (Å²) in [5.41, 5.74) is 5.26. The molecule has 0 atom stereocenters. The summed E-state index contributed by atoms with van der Waals surface area (Å²) >= 11 is 0. The van der Waals surface area contributed by atoms with Gasteiger partial charge in [0.25, 0.3) is 0 Å². The maximum atomic E-state index is 5.90. The minimum absolute atomic E-state index is 0.409. The molecule has 4 rings (SSSR count). The molecule has 120 valence electrons. The van der Waals surface area contributed by atoms with E-state index in [4.69, 9.17) is 9.72 Å². The first kappa shape index (κ1) is 14.8. The Kier molecular flexibility index (Phi) is 4.14. The summed E-state index contributed by atoms with van der Waals surface area (Å²) in [7, 11) is 0. The Labute approximate surface area is 140 Å². The fourth-order valence-electron chi connectivity index (χ4n) is 3.05.